The Hall–Kier alpha value is -1.07. The molecule has 2 rings (SSSR count). The first-order valence-corrected chi connectivity index (χ1v) is 10.3. The SMILES string of the molecule is CN=C(NCCCCN1CCCCC1C)NCC(C)c1cccs1. The monoisotopic (exact) mass is 350 g/mol. The Morgan fingerprint density at radius 1 is 1.38 bits per heavy atom. The summed E-state index contributed by atoms with van der Waals surface area (Å²) in [7, 11) is 1.85. The van der Waals surface area contributed by atoms with E-state index in [2.05, 4.69) is 51.9 Å². The fourth-order valence-corrected chi connectivity index (χ4v) is 4.07. The van der Waals surface area contributed by atoms with Gasteiger partial charge in [0.05, 0.1) is 0 Å². The largest absolute Gasteiger partial charge is 0.356 e. The highest BCUT2D eigenvalue weighted by molar-refractivity contribution is 7.10. The minimum absolute atomic E-state index is 0.518. The van der Waals surface area contributed by atoms with Gasteiger partial charge in [-0.15, -0.1) is 11.3 Å². The number of likely N-dealkylation sites (tertiary alicyclic amines) is 1. The summed E-state index contributed by atoms with van der Waals surface area (Å²) in [5, 5.41) is 9.02. The van der Waals surface area contributed by atoms with Crippen LogP contribution in [0.25, 0.3) is 0 Å². The van der Waals surface area contributed by atoms with Crippen LogP contribution in [0.4, 0.5) is 0 Å². The smallest absolute Gasteiger partial charge is 0.190 e. The van der Waals surface area contributed by atoms with E-state index in [1.807, 2.05) is 18.4 Å². The summed E-state index contributed by atoms with van der Waals surface area (Å²) < 4.78 is 0. The Morgan fingerprint density at radius 2 is 2.25 bits per heavy atom. The van der Waals surface area contributed by atoms with Crippen molar-refractivity contribution in [2.75, 3.05) is 33.2 Å². The van der Waals surface area contributed by atoms with Crippen molar-refractivity contribution < 1.29 is 0 Å². The number of nitrogens with zero attached hydrogens (tertiary/aromatic N) is 2. The zero-order valence-electron chi connectivity index (χ0n) is 15.6. The molecule has 0 radical (unpaired) electrons. The number of rotatable bonds is 8. The molecule has 1 fully saturated rings. The van der Waals surface area contributed by atoms with Crippen molar-refractivity contribution in [3.05, 3.63) is 22.4 Å². The molecule has 1 saturated heterocycles. The molecule has 0 aliphatic carbocycles. The van der Waals surface area contributed by atoms with Crippen molar-refractivity contribution in [1.82, 2.24) is 15.5 Å². The van der Waals surface area contributed by atoms with Crippen LogP contribution in [0, 0.1) is 0 Å². The second-order valence-electron chi connectivity index (χ2n) is 6.88. The average molecular weight is 351 g/mol. The fourth-order valence-electron chi connectivity index (χ4n) is 3.28. The molecule has 2 N–H and O–H groups in total. The molecule has 0 spiro atoms. The van der Waals surface area contributed by atoms with E-state index >= 15 is 0 Å². The van der Waals surface area contributed by atoms with E-state index in [1.165, 1.54) is 50.1 Å². The first-order valence-electron chi connectivity index (χ1n) is 9.42. The van der Waals surface area contributed by atoms with Crippen LogP contribution >= 0.6 is 11.3 Å². The molecule has 2 unspecified atom stereocenters. The van der Waals surface area contributed by atoms with E-state index in [0.717, 1.165) is 25.1 Å². The van der Waals surface area contributed by atoms with E-state index in [0.29, 0.717) is 5.92 Å². The van der Waals surface area contributed by atoms with Gasteiger partial charge in [0.15, 0.2) is 5.96 Å². The molecule has 0 aromatic carbocycles. The summed E-state index contributed by atoms with van der Waals surface area (Å²) >= 11 is 1.82. The van der Waals surface area contributed by atoms with Crippen LogP contribution < -0.4 is 10.6 Å². The number of hydrogen-bond donors (Lipinski definition) is 2. The van der Waals surface area contributed by atoms with Crippen molar-refractivity contribution in [3.63, 3.8) is 0 Å². The maximum absolute atomic E-state index is 4.33. The summed E-state index contributed by atoms with van der Waals surface area (Å²) in [6.07, 6.45) is 6.62. The number of piperidine rings is 1. The Balaban J connectivity index is 1.56. The van der Waals surface area contributed by atoms with E-state index in [9.17, 15) is 0 Å². The Bertz CT molecular complexity index is 472. The molecular formula is C19H34N4S. The molecule has 0 saturated carbocycles. The van der Waals surface area contributed by atoms with Gasteiger partial charge in [0.2, 0.25) is 0 Å². The molecule has 4 nitrogen and oxygen atoms in total. The van der Waals surface area contributed by atoms with Crippen LogP contribution in [0.5, 0.6) is 0 Å². The van der Waals surface area contributed by atoms with Gasteiger partial charge in [-0.05, 0) is 57.1 Å². The lowest BCUT2D eigenvalue weighted by Gasteiger charge is -2.33. The molecule has 1 aliphatic rings. The summed E-state index contributed by atoms with van der Waals surface area (Å²) in [4.78, 5) is 8.40. The van der Waals surface area contributed by atoms with Crippen LogP contribution in [0.15, 0.2) is 22.5 Å². The highest BCUT2D eigenvalue weighted by Crippen LogP contribution is 2.19. The van der Waals surface area contributed by atoms with Gasteiger partial charge >= 0.3 is 0 Å². The Morgan fingerprint density at radius 3 is 2.96 bits per heavy atom. The number of hydrogen-bond acceptors (Lipinski definition) is 3. The maximum Gasteiger partial charge on any atom is 0.190 e. The highest BCUT2D eigenvalue weighted by Gasteiger charge is 2.17. The maximum atomic E-state index is 4.33. The number of nitrogens with one attached hydrogen (secondary N) is 2. The van der Waals surface area contributed by atoms with Gasteiger partial charge in [0.1, 0.15) is 0 Å². The van der Waals surface area contributed by atoms with Gasteiger partial charge in [-0.3, -0.25) is 4.99 Å². The first-order chi connectivity index (χ1) is 11.7. The molecule has 24 heavy (non-hydrogen) atoms. The molecule has 2 atom stereocenters. The Labute approximate surface area is 151 Å². The molecule has 0 bridgehead atoms. The zero-order valence-corrected chi connectivity index (χ0v) is 16.4. The highest BCUT2D eigenvalue weighted by atomic mass is 32.1. The van der Waals surface area contributed by atoms with Crippen LogP contribution in [0.1, 0.15) is 56.7 Å². The summed E-state index contributed by atoms with van der Waals surface area (Å²) in [6, 6.07) is 5.10. The van der Waals surface area contributed by atoms with Crippen molar-refractivity contribution in [3.8, 4) is 0 Å². The van der Waals surface area contributed by atoms with Crippen LogP contribution in [0.2, 0.25) is 0 Å². The average Bonchev–Trinajstić information content (AvgIpc) is 3.13. The van der Waals surface area contributed by atoms with Crippen LogP contribution in [0.3, 0.4) is 0 Å². The molecule has 136 valence electrons. The van der Waals surface area contributed by atoms with Crippen LogP contribution in [-0.2, 0) is 0 Å². The predicted octanol–water partition coefficient (Wildman–Crippen LogP) is 3.67. The lowest BCUT2D eigenvalue weighted by Crippen LogP contribution is -2.40. The second-order valence-corrected chi connectivity index (χ2v) is 7.86. The van der Waals surface area contributed by atoms with E-state index in [-0.39, 0.29) is 0 Å². The topological polar surface area (TPSA) is 39.7 Å². The molecule has 1 aliphatic heterocycles. The summed E-state index contributed by atoms with van der Waals surface area (Å²) in [5.74, 6) is 1.44. The lowest BCUT2D eigenvalue weighted by molar-refractivity contribution is 0.158. The van der Waals surface area contributed by atoms with Crippen LogP contribution in [-0.4, -0.2) is 50.1 Å². The standard InChI is InChI=1S/C19H34N4S/c1-16(18-10-8-14-24-18)15-22-19(20-3)21-11-5-7-13-23-12-6-4-9-17(23)2/h8,10,14,16-17H,4-7,9,11-13,15H2,1-3H3,(H2,20,21,22). The van der Waals surface area contributed by atoms with Crippen molar-refractivity contribution in [2.24, 2.45) is 4.99 Å². The number of aliphatic imine (C=N–C) groups is 1. The fraction of sp³-hybridized carbons (Fsp3) is 0.737. The lowest BCUT2D eigenvalue weighted by atomic mass is 10.0. The minimum Gasteiger partial charge on any atom is -0.356 e. The molecule has 5 heteroatoms. The predicted molar refractivity (Wildman–Crippen MR) is 106 cm³/mol. The molecule has 1 aromatic rings. The van der Waals surface area contributed by atoms with Gasteiger partial charge in [-0.2, -0.15) is 0 Å². The van der Waals surface area contributed by atoms with Gasteiger partial charge in [-0.25, -0.2) is 0 Å². The molecular weight excluding hydrogens is 316 g/mol. The second kappa shape index (κ2) is 10.7. The third kappa shape index (κ3) is 6.44. The normalized spacial score (nSPS) is 20.8. The van der Waals surface area contributed by atoms with Crippen molar-refractivity contribution in [1.29, 1.82) is 0 Å². The van der Waals surface area contributed by atoms with Crippen molar-refractivity contribution >= 4 is 17.3 Å². The summed E-state index contributed by atoms with van der Waals surface area (Å²) in [5.41, 5.74) is 0. The Kier molecular flexibility index (Phi) is 8.60. The molecule has 0 amide bonds. The third-order valence-corrected chi connectivity index (χ3v) is 6.04. The summed E-state index contributed by atoms with van der Waals surface area (Å²) in [6.45, 7) is 9.08. The minimum atomic E-state index is 0.518. The van der Waals surface area contributed by atoms with E-state index < -0.39 is 0 Å². The van der Waals surface area contributed by atoms with Crippen molar-refractivity contribution in [2.45, 2.75) is 57.9 Å². The van der Waals surface area contributed by atoms with Gasteiger partial charge in [0.25, 0.3) is 0 Å². The number of guanidine groups is 1. The number of unbranched alkanes of at least 4 members (excludes halogenated alkanes) is 1. The quantitative estimate of drug-likeness (QED) is 0.427. The molecule has 1 aromatic heterocycles. The van der Waals surface area contributed by atoms with Gasteiger partial charge in [0, 0.05) is 37.0 Å². The van der Waals surface area contributed by atoms with E-state index in [1.54, 1.807) is 0 Å². The van der Waals surface area contributed by atoms with Gasteiger partial charge < -0.3 is 15.5 Å². The van der Waals surface area contributed by atoms with Gasteiger partial charge in [-0.1, -0.05) is 19.4 Å². The number of thiophene rings is 1. The molecule has 2 heterocycles. The first kappa shape index (κ1) is 19.3. The zero-order chi connectivity index (χ0) is 17.2. The van der Waals surface area contributed by atoms with E-state index in [4.69, 9.17) is 0 Å². The third-order valence-electron chi connectivity index (χ3n) is 4.93.